The first-order valence-electron chi connectivity index (χ1n) is 10.4. The number of fused-ring (bicyclic) bond motifs is 1. The number of hydrogen-bond acceptors (Lipinski definition) is 5. The summed E-state index contributed by atoms with van der Waals surface area (Å²) in [5, 5.41) is 0. The van der Waals surface area contributed by atoms with Gasteiger partial charge in [0.2, 0.25) is 15.9 Å². The Balaban J connectivity index is 1.43. The van der Waals surface area contributed by atoms with Crippen LogP contribution in [0.3, 0.4) is 0 Å². The monoisotopic (exact) mass is 457 g/mol. The molecule has 0 heterocycles. The van der Waals surface area contributed by atoms with Crippen molar-refractivity contribution in [3.8, 4) is 0 Å². The van der Waals surface area contributed by atoms with E-state index in [1.807, 2.05) is 19.1 Å². The smallest absolute Gasteiger partial charge is 0.253 e. The molecular weight excluding hydrogens is 430 g/mol. The lowest BCUT2D eigenvalue weighted by Gasteiger charge is -2.17. The van der Waals surface area contributed by atoms with E-state index in [0.29, 0.717) is 5.56 Å². The number of nitrogens with one attached hydrogen (secondary N) is 2. The van der Waals surface area contributed by atoms with Crippen LogP contribution >= 0.6 is 0 Å². The Kier molecular flexibility index (Phi) is 7.42. The van der Waals surface area contributed by atoms with E-state index >= 15 is 0 Å². The van der Waals surface area contributed by atoms with E-state index in [4.69, 9.17) is 0 Å². The van der Waals surface area contributed by atoms with Crippen LogP contribution in [0.1, 0.15) is 46.3 Å². The minimum absolute atomic E-state index is 0.0161. The lowest BCUT2D eigenvalue weighted by atomic mass is 10.0. The number of hydrogen-bond donors (Lipinski definition) is 2. The number of benzene rings is 2. The van der Waals surface area contributed by atoms with E-state index in [2.05, 4.69) is 10.9 Å². The third kappa shape index (κ3) is 5.80. The lowest BCUT2D eigenvalue weighted by molar-refractivity contribution is -0.128. The van der Waals surface area contributed by atoms with E-state index in [9.17, 15) is 22.8 Å². The second-order valence-electron chi connectivity index (χ2n) is 7.93. The molecule has 0 fully saturated rings. The number of hydrazine groups is 1. The van der Waals surface area contributed by atoms with Crippen LogP contribution in [0.5, 0.6) is 0 Å². The van der Waals surface area contributed by atoms with Crippen LogP contribution in [-0.2, 0) is 32.5 Å². The molecule has 2 amide bonds. The summed E-state index contributed by atoms with van der Waals surface area (Å²) in [6.07, 6.45) is 3.02. The number of carbonyl (C=O) groups is 3. The van der Waals surface area contributed by atoms with Crippen molar-refractivity contribution in [2.75, 3.05) is 13.6 Å². The lowest BCUT2D eigenvalue weighted by Crippen LogP contribution is -2.46. The van der Waals surface area contributed by atoms with Crippen LogP contribution in [0.4, 0.5) is 0 Å². The number of amides is 2. The maximum Gasteiger partial charge on any atom is 0.253 e. The van der Waals surface area contributed by atoms with Gasteiger partial charge in [-0.3, -0.25) is 25.2 Å². The molecule has 1 aliphatic rings. The topological polar surface area (TPSA) is 113 Å². The largest absolute Gasteiger partial charge is 0.294 e. The second-order valence-corrected chi connectivity index (χ2v) is 9.98. The van der Waals surface area contributed by atoms with E-state index in [1.54, 1.807) is 18.2 Å². The molecule has 0 spiro atoms. The van der Waals surface area contributed by atoms with Crippen LogP contribution in [0.25, 0.3) is 0 Å². The molecule has 0 radical (unpaired) electrons. The quantitative estimate of drug-likeness (QED) is 0.465. The summed E-state index contributed by atoms with van der Waals surface area (Å²) < 4.78 is 25.9. The maximum absolute atomic E-state index is 12.5. The van der Waals surface area contributed by atoms with Gasteiger partial charge in [0.25, 0.3) is 5.91 Å². The minimum Gasteiger partial charge on any atom is -0.294 e. The first-order valence-corrected chi connectivity index (χ1v) is 11.9. The van der Waals surface area contributed by atoms with Gasteiger partial charge in [-0.1, -0.05) is 29.8 Å². The molecule has 9 heteroatoms. The van der Waals surface area contributed by atoms with Crippen LogP contribution in [0.2, 0.25) is 0 Å². The van der Waals surface area contributed by atoms with E-state index < -0.39 is 28.4 Å². The Hall–Kier alpha value is -3.04. The minimum atomic E-state index is -3.83. The molecule has 0 aromatic heterocycles. The number of ketones is 1. The van der Waals surface area contributed by atoms with Gasteiger partial charge in [0.05, 0.1) is 11.4 Å². The Bertz CT molecular complexity index is 1130. The van der Waals surface area contributed by atoms with Gasteiger partial charge in [0.15, 0.2) is 5.78 Å². The fraction of sp³-hybridized carbons (Fsp3) is 0.348. The molecule has 8 nitrogen and oxygen atoms in total. The summed E-state index contributed by atoms with van der Waals surface area (Å²) >= 11 is 0. The fourth-order valence-corrected chi connectivity index (χ4v) is 4.66. The fourth-order valence-electron chi connectivity index (χ4n) is 3.54. The molecule has 3 rings (SSSR count). The first-order chi connectivity index (χ1) is 15.2. The average molecular weight is 458 g/mol. The van der Waals surface area contributed by atoms with Crippen LogP contribution < -0.4 is 10.9 Å². The SMILES string of the molecule is Cc1ccc(S(=O)(=O)N(C)CC(=O)NNC(=O)CCC(=O)c2ccc3c(c2)CCC3)cc1. The van der Waals surface area contributed by atoms with E-state index in [-0.39, 0.29) is 23.5 Å². The number of Topliss-reactive ketones (excluding diaryl/α,β-unsaturated/α-hetero) is 1. The molecular formula is C23H27N3O5S. The molecule has 1 aliphatic carbocycles. The molecule has 0 atom stereocenters. The van der Waals surface area contributed by atoms with Gasteiger partial charge in [0.1, 0.15) is 0 Å². The number of likely N-dealkylation sites (N-methyl/N-ethyl adjacent to an activating group) is 1. The molecule has 0 saturated carbocycles. The van der Waals surface area contributed by atoms with Crippen molar-refractivity contribution in [3.05, 3.63) is 64.7 Å². The molecule has 170 valence electrons. The van der Waals surface area contributed by atoms with Crippen LogP contribution in [0.15, 0.2) is 47.4 Å². The number of nitrogens with zero attached hydrogens (tertiary/aromatic N) is 1. The molecule has 0 saturated heterocycles. The van der Waals surface area contributed by atoms with Crippen LogP contribution in [0, 0.1) is 6.92 Å². The van der Waals surface area contributed by atoms with Crippen molar-refractivity contribution < 1.29 is 22.8 Å². The van der Waals surface area contributed by atoms with Gasteiger partial charge in [-0.05, 0) is 55.5 Å². The zero-order valence-corrected chi connectivity index (χ0v) is 19.0. The van der Waals surface area contributed by atoms with E-state index in [0.717, 1.165) is 29.1 Å². The summed E-state index contributed by atoms with van der Waals surface area (Å²) in [4.78, 5) is 36.5. The Morgan fingerprint density at radius 1 is 0.906 bits per heavy atom. The number of sulfonamides is 1. The molecule has 0 aliphatic heterocycles. The van der Waals surface area contributed by atoms with Crippen molar-refractivity contribution in [1.29, 1.82) is 0 Å². The summed E-state index contributed by atoms with van der Waals surface area (Å²) in [5.74, 6) is -1.36. The van der Waals surface area contributed by atoms with E-state index in [1.165, 1.54) is 30.3 Å². The zero-order valence-electron chi connectivity index (χ0n) is 18.2. The molecule has 2 aromatic carbocycles. The second kappa shape index (κ2) is 10.1. The predicted octanol–water partition coefficient (Wildman–Crippen LogP) is 1.91. The first kappa shape index (κ1) is 23.6. The summed E-state index contributed by atoms with van der Waals surface area (Å²) in [5.41, 5.74) is 8.38. The van der Waals surface area contributed by atoms with Gasteiger partial charge in [-0.25, -0.2) is 8.42 Å². The van der Waals surface area contributed by atoms with Gasteiger partial charge < -0.3 is 0 Å². The van der Waals surface area contributed by atoms with Crippen molar-refractivity contribution in [1.82, 2.24) is 15.2 Å². The standard InChI is InChI=1S/C23H27N3O5S/c1-16-6-10-20(11-7-16)32(30,31)26(2)15-23(29)25-24-22(28)13-12-21(27)19-9-8-17-4-3-5-18(17)14-19/h6-11,14H,3-5,12-13,15H2,1-2H3,(H,24,28)(H,25,29). The third-order valence-electron chi connectivity index (χ3n) is 5.44. The van der Waals surface area contributed by atoms with Crippen molar-refractivity contribution in [2.45, 2.75) is 43.9 Å². The number of aryl methyl sites for hydroxylation is 3. The third-order valence-corrected chi connectivity index (χ3v) is 7.25. The summed E-state index contributed by atoms with van der Waals surface area (Å²) in [6.45, 7) is 1.38. The molecule has 0 unspecified atom stereocenters. The summed E-state index contributed by atoms with van der Waals surface area (Å²) in [7, 11) is -2.55. The van der Waals surface area contributed by atoms with Crippen molar-refractivity contribution in [2.24, 2.45) is 0 Å². The maximum atomic E-state index is 12.5. The van der Waals surface area contributed by atoms with Gasteiger partial charge >= 0.3 is 0 Å². The highest BCUT2D eigenvalue weighted by atomic mass is 32.2. The van der Waals surface area contributed by atoms with Gasteiger partial charge in [0, 0.05) is 25.5 Å². The Labute approximate surface area is 188 Å². The highest BCUT2D eigenvalue weighted by molar-refractivity contribution is 7.89. The van der Waals surface area contributed by atoms with Crippen molar-refractivity contribution in [3.63, 3.8) is 0 Å². The molecule has 2 aromatic rings. The number of carbonyl (C=O) groups excluding carboxylic acids is 3. The normalized spacial score (nSPS) is 13.0. The highest BCUT2D eigenvalue weighted by Gasteiger charge is 2.23. The van der Waals surface area contributed by atoms with Gasteiger partial charge in [-0.2, -0.15) is 4.31 Å². The van der Waals surface area contributed by atoms with Crippen molar-refractivity contribution >= 4 is 27.6 Å². The molecule has 32 heavy (non-hydrogen) atoms. The molecule has 0 bridgehead atoms. The predicted molar refractivity (Wildman–Crippen MR) is 119 cm³/mol. The zero-order chi connectivity index (χ0) is 23.3. The van der Waals surface area contributed by atoms with Gasteiger partial charge in [-0.15, -0.1) is 0 Å². The Morgan fingerprint density at radius 2 is 1.56 bits per heavy atom. The average Bonchev–Trinajstić information content (AvgIpc) is 3.24. The van der Waals surface area contributed by atoms with Crippen LogP contribution in [-0.4, -0.2) is 43.9 Å². The number of rotatable bonds is 8. The highest BCUT2D eigenvalue weighted by Crippen LogP contribution is 2.23. The Morgan fingerprint density at radius 3 is 2.28 bits per heavy atom. The molecule has 2 N–H and O–H groups in total. The summed E-state index contributed by atoms with van der Waals surface area (Å²) in [6, 6.07) is 11.9.